The Bertz CT molecular complexity index is 486. The molecule has 0 saturated heterocycles. The summed E-state index contributed by atoms with van der Waals surface area (Å²) >= 11 is 4.16. The van der Waals surface area contributed by atoms with Crippen LogP contribution in [0.15, 0.2) is 60.7 Å². The zero-order valence-corrected chi connectivity index (χ0v) is 12.3. The van der Waals surface area contributed by atoms with E-state index in [4.69, 9.17) is 0 Å². The van der Waals surface area contributed by atoms with E-state index in [-0.39, 0.29) is 5.91 Å². The number of nitrogens with zero attached hydrogens (tertiary/aromatic N) is 1. The third kappa shape index (κ3) is 4.42. The van der Waals surface area contributed by atoms with Crippen molar-refractivity contribution in [3.8, 4) is 0 Å². The molecular formula is C17H19NOS. The summed E-state index contributed by atoms with van der Waals surface area (Å²) in [7, 11) is 0. The lowest BCUT2D eigenvalue weighted by Gasteiger charge is -2.23. The van der Waals surface area contributed by atoms with Crippen LogP contribution in [0.5, 0.6) is 0 Å². The molecule has 0 aliphatic carbocycles. The number of carbonyl (C=O) groups excluding carboxylic acids is 1. The van der Waals surface area contributed by atoms with Gasteiger partial charge >= 0.3 is 0 Å². The molecule has 0 unspecified atom stereocenters. The van der Waals surface area contributed by atoms with Crippen LogP contribution in [0.1, 0.15) is 17.5 Å². The van der Waals surface area contributed by atoms with Gasteiger partial charge in [-0.3, -0.25) is 4.79 Å². The van der Waals surface area contributed by atoms with Crippen molar-refractivity contribution < 1.29 is 4.79 Å². The van der Waals surface area contributed by atoms with Crippen molar-refractivity contribution in [2.75, 3.05) is 5.75 Å². The maximum atomic E-state index is 12.2. The van der Waals surface area contributed by atoms with Crippen molar-refractivity contribution in [3.63, 3.8) is 0 Å². The van der Waals surface area contributed by atoms with E-state index in [9.17, 15) is 4.79 Å². The van der Waals surface area contributed by atoms with Crippen molar-refractivity contribution in [1.82, 2.24) is 4.90 Å². The Hall–Kier alpha value is -1.74. The van der Waals surface area contributed by atoms with Gasteiger partial charge in [0.2, 0.25) is 5.91 Å². The van der Waals surface area contributed by atoms with E-state index in [1.54, 1.807) is 0 Å². The minimum Gasteiger partial charge on any atom is -0.334 e. The zero-order valence-electron chi connectivity index (χ0n) is 11.4. The SMILES string of the molecule is O=C(CCS)N(Cc1ccccc1)Cc1ccccc1. The smallest absolute Gasteiger partial charge is 0.223 e. The van der Waals surface area contributed by atoms with Crippen LogP contribution < -0.4 is 0 Å². The minimum atomic E-state index is 0.146. The summed E-state index contributed by atoms with van der Waals surface area (Å²) in [6.45, 7) is 1.28. The summed E-state index contributed by atoms with van der Waals surface area (Å²) in [4.78, 5) is 14.1. The predicted octanol–water partition coefficient (Wildman–Crippen LogP) is 3.54. The topological polar surface area (TPSA) is 20.3 Å². The van der Waals surface area contributed by atoms with Crippen molar-refractivity contribution in [1.29, 1.82) is 0 Å². The number of carbonyl (C=O) groups is 1. The van der Waals surface area contributed by atoms with Crippen LogP contribution in [0.2, 0.25) is 0 Å². The number of benzene rings is 2. The first-order chi connectivity index (χ1) is 9.79. The van der Waals surface area contributed by atoms with Gasteiger partial charge in [-0.2, -0.15) is 12.6 Å². The van der Waals surface area contributed by atoms with Gasteiger partial charge in [-0.15, -0.1) is 0 Å². The molecular weight excluding hydrogens is 266 g/mol. The highest BCUT2D eigenvalue weighted by Crippen LogP contribution is 2.11. The van der Waals surface area contributed by atoms with E-state index < -0.39 is 0 Å². The van der Waals surface area contributed by atoms with Gasteiger partial charge in [-0.1, -0.05) is 60.7 Å². The van der Waals surface area contributed by atoms with E-state index in [1.165, 1.54) is 0 Å². The summed E-state index contributed by atoms with van der Waals surface area (Å²) in [5.41, 5.74) is 2.30. The fraction of sp³-hybridized carbons (Fsp3) is 0.235. The molecule has 2 rings (SSSR count). The van der Waals surface area contributed by atoms with Gasteiger partial charge in [0.25, 0.3) is 0 Å². The lowest BCUT2D eigenvalue weighted by molar-refractivity contribution is -0.132. The third-order valence-corrected chi connectivity index (χ3v) is 3.33. The second-order valence-electron chi connectivity index (χ2n) is 4.69. The molecule has 0 fully saturated rings. The molecule has 0 heterocycles. The molecule has 2 aromatic rings. The maximum absolute atomic E-state index is 12.2. The van der Waals surface area contributed by atoms with E-state index >= 15 is 0 Å². The Kier molecular flexibility index (Phi) is 5.69. The van der Waals surface area contributed by atoms with E-state index in [0.717, 1.165) is 11.1 Å². The average Bonchev–Trinajstić information content (AvgIpc) is 2.49. The molecule has 2 nitrogen and oxygen atoms in total. The van der Waals surface area contributed by atoms with Gasteiger partial charge in [0, 0.05) is 19.5 Å². The number of rotatable bonds is 6. The Morgan fingerprint density at radius 3 is 1.70 bits per heavy atom. The fourth-order valence-corrected chi connectivity index (χ4v) is 2.28. The zero-order chi connectivity index (χ0) is 14.2. The summed E-state index contributed by atoms with van der Waals surface area (Å²) in [6.07, 6.45) is 0.475. The fourth-order valence-electron chi connectivity index (χ4n) is 2.09. The largest absolute Gasteiger partial charge is 0.334 e. The molecule has 0 bridgehead atoms. The highest BCUT2D eigenvalue weighted by Gasteiger charge is 2.13. The molecule has 2 aromatic carbocycles. The Labute approximate surface area is 125 Å². The van der Waals surface area contributed by atoms with Gasteiger partial charge in [0.05, 0.1) is 0 Å². The maximum Gasteiger partial charge on any atom is 0.223 e. The van der Waals surface area contributed by atoms with Crippen molar-refractivity contribution >= 4 is 18.5 Å². The molecule has 104 valence electrons. The van der Waals surface area contributed by atoms with Crippen molar-refractivity contribution in [2.45, 2.75) is 19.5 Å². The number of hydrogen-bond donors (Lipinski definition) is 1. The molecule has 0 aliphatic heterocycles. The first-order valence-corrected chi connectivity index (χ1v) is 7.39. The second-order valence-corrected chi connectivity index (χ2v) is 5.14. The summed E-state index contributed by atoms with van der Waals surface area (Å²) in [5.74, 6) is 0.728. The quantitative estimate of drug-likeness (QED) is 0.805. The normalized spacial score (nSPS) is 10.2. The summed E-state index contributed by atoms with van der Waals surface area (Å²) in [5, 5.41) is 0. The van der Waals surface area contributed by atoms with Gasteiger partial charge in [0.15, 0.2) is 0 Å². The van der Waals surface area contributed by atoms with Crippen molar-refractivity contribution in [3.05, 3.63) is 71.8 Å². The van der Waals surface area contributed by atoms with Crippen LogP contribution in [0.4, 0.5) is 0 Å². The Morgan fingerprint density at radius 1 is 0.850 bits per heavy atom. The van der Waals surface area contributed by atoms with Crippen LogP contribution in [0, 0.1) is 0 Å². The first kappa shape index (κ1) is 14.7. The minimum absolute atomic E-state index is 0.146. The Morgan fingerprint density at radius 2 is 1.30 bits per heavy atom. The predicted molar refractivity (Wildman–Crippen MR) is 85.6 cm³/mol. The molecule has 0 spiro atoms. The van der Waals surface area contributed by atoms with Crippen LogP contribution >= 0.6 is 12.6 Å². The van der Waals surface area contributed by atoms with Gasteiger partial charge in [-0.05, 0) is 16.9 Å². The lowest BCUT2D eigenvalue weighted by Crippen LogP contribution is -2.30. The second kappa shape index (κ2) is 7.75. The molecule has 1 amide bonds. The van der Waals surface area contributed by atoms with Crippen LogP contribution in [0.25, 0.3) is 0 Å². The summed E-state index contributed by atoms with van der Waals surface area (Å²) < 4.78 is 0. The van der Waals surface area contributed by atoms with Crippen LogP contribution in [-0.4, -0.2) is 16.6 Å². The highest BCUT2D eigenvalue weighted by atomic mass is 32.1. The van der Waals surface area contributed by atoms with Crippen molar-refractivity contribution in [2.24, 2.45) is 0 Å². The first-order valence-electron chi connectivity index (χ1n) is 6.76. The highest BCUT2D eigenvalue weighted by molar-refractivity contribution is 7.80. The molecule has 0 N–H and O–H groups in total. The average molecular weight is 285 g/mol. The molecule has 3 heteroatoms. The lowest BCUT2D eigenvalue weighted by atomic mass is 10.1. The number of thiol groups is 1. The Balaban J connectivity index is 2.10. The monoisotopic (exact) mass is 285 g/mol. The van der Waals surface area contributed by atoms with Gasteiger partial charge in [0.1, 0.15) is 0 Å². The van der Waals surface area contributed by atoms with E-state index in [1.807, 2.05) is 65.6 Å². The number of hydrogen-bond acceptors (Lipinski definition) is 2. The van der Waals surface area contributed by atoms with Gasteiger partial charge < -0.3 is 4.90 Å². The van der Waals surface area contributed by atoms with Crippen LogP contribution in [-0.2, 0) is 17.9 Å². The van der Waals surface area contributed by atoms with Gasteiger partial charge in [-0.25, -0.2) is 0 Å². The van der Waals surface area contributed by atoms with Crippen LogP contribution in [0.3, 0.4) is 0 Å². The third-order valence-electron chi connectivity index (χ3n) is 3.11. The molecule has 0 aromatic heterocycles. The van der Waals surface area contributed by atoms with E-state index in [0.29, 0.717) is 25.3 Å². The molecule has 0 radical (unpaired) electrons. The molecule has 0 saturated carbocycles. The molecule has 0 aliphatic rings. The molecule has 0 atom stereocenters. The summed E-state index contributed by atoms with van der Waals surface area (Å²) in [6, 6.07) is 20.2. The van der Waals surface area contributed by atoms with E-state index in [2.05, 4.69) is 12.6 Å². The molecule has 20 heavy (non-hydrogen) atoms. The number of amides is 1. The standard InChI is InChI=1S/C17H19NOS/c19-17(11-12-20)18(13-15-7-3-1-4-8-15)14-16-9-5-2-6-10-16/h1-10,20H,11-14H2.